The van der Waals surface area contributed by atoms with Crippen LogP contribution in [0.1, 0.15) is 23.2 Å². The number of halogens is 3. The SMILES string of the molecule is COc1ccc(CN(Cc2ccc(OC)cc2)S(=O)(=O)c2cc(NC(=O)Cc3ccccc3Cl)cc3cnn(C(F)F)c23)cc1. The van der Waals surface area contributed by atoms with E-state index in [0.29, 0.717) is 37.9 Å². The molecule has 0 atom stereocenters. The van der Waals surface area contributed by atoms with E-state index in [2.05, 4.69) is 10.4 Å². The summed E-state index contributed by atoms with van der Waals surface area (Å²) in [6.45, 7) is -3.30. The number of hydrogen-bond donors (Lipinski definition) is 1. The van der Waals surface area contributed by atoms with Crippen molar-refractivity contribution in [3.05, 3.63) is 113 Å². The fourth-order valence-electron chi connectivity index (χ4n) is 4.83. The number of sulfonamides is 1. The third-order valence-corrected chi connectivity index (χ3v) is 9.26. The number of amides is 1. The van der Waals surface area contributed by atoms with Gasteiger partial charge in [0.25, 0.3) is 0 Å². The Morgan fingerprint density at radius 3 is 2.04 bits per heavy atom. The number of hydrogen-bond acceptors (Lipinski definition) is 6. The molecule has 0 saturated heterocycles. The molecule has 0 radical (unpaired) electrons. The molecule has 0 aliphatic heterocycles. The number of carbonyl (C=O) groups excluding carboxylic acids is 1. The van der Waals surface area contributed by atoms with Crippen LogP contribution in [0.25, 0.3) is 10.9 Å². The molecule has 0 fully saturated rings. The number of alkyl halides is 2. The summed E-state index contributed by atoms with van der Waals surface area (Å²) >= 11 is 6.21. The first-order chi connectivity index (χ1) is 21.6. The van der Waals surface area contributed by atoms with Crippen molar-refractivity contribution in [1.29, 1.82) is 0 Å². The molecule has 9 nitrogen and oxygen atoms in total. The van der Waals surface area contributed by atoms with Gasteiger partial charge in [0.05, 0.1) is 32.4 Å². The number of nitrogens with zero attached hydrogens (tertiary/aromatic N) is 3. The minimum atomic E-state index is -4.50. The van der Waals surface area contributed by atoms with Gasteiger partial charge in [-0.2, -0.15) is 18.2 Å². The van der Waals surface area contributed by atoms with Crippen LogP contribution in [-0.2, 0) is 34.3 Å². The Labute approximate surface area is 264 Å². The molecule has 0 aliphatic carbocycles. The second-order valence-electron chi connectivity index (χ2n) is 10.1. The van der Waals surface area contributed by atoms with Gasteiger partial charge in [-0.1, -0.05) is 54.1 Å². The van der Waals surface area contributed by atoms with Crippen molar-refractivity contribution < 1.29 is 31.5 Å². The van der Waals surface area contributed by atoms with Crippen LogP contribution >= 0.6 is 11.6 Å². The van der Waals surface area contributed by atoms with Crippen molar-refractivity contribution in [1.82, 2.24) is 14.1 Å². The normalized spacial score (nSPS) is 11.7. The van der Waals surface area contributed by atoms with Crippen molar-refractivity contribution >= 4 is 44.1 Å². The summed E-state index contributed by atoms with van der Waals surface area (Å²) in [6, 6.07) is 23.1. The highest BCUT2D eigenvalue weighted by Gasteiger charge is 2.31. The molecule has 1 amide bonds. The lowest BCUT2D eigenvalue weighted by molar-refractivity contribution is -0.115. The average Bonchev–Trinajstić information content (AvgIpc) is 3.46. The van der Waals surface area contributed by atoms with Crippen LogP contribution in [0.3, 0.4) is 0 Å². The van der Waals surface area contributed by atoms with E-state index in [1.165, 1.54) is 30.7 Å². The molecule has 1 heterocycles. The molecule has 1 aromatic heterocycles. The second kappa shape index (κ2) is 13.6. The largest absolute Gasteiger partial charge is 0.497 e. The Balaban J connectivity index is 1.58. The van der Waals surface area contributed by atoms with Crippen molar-refractivity contribution in [2.45, 2.75) is 31.0 Å². The molecule has 0 bridgehead atoms. The molecule has 0 aliphatic rings. The molecule has 5 rings (SSSR count). The summed E-state index contributed by atoms with van der Waals surface area (Å²) in [5.41, 5.74) is 1.65. The summed E-state index contributed by atoms with van der Waals surface area (Å²) in [6.07, 6.45) is 1.05. The fourth-order valence-corrected chi connectivity index (χ4v) is 6.68. The average molecular weight is 655 g/mol. The topological polar surface area (TPSA) is 103 Å². The highest BCUT2D eigenvalue weighted by Crippen LogP contribution is 2.34. The predicted octanol–water partition coefficient (Wildman–Crippen LogP) is 6.67. The smallest absolute Gasteiger partial charge is 0.333 e. The summed E-state index contributed by atoms with van der Waals surface area (Å²) < 4.78 is 69.2. The molecule has 0 saturated carbocycles. The standard InChI is InChI=1S/C32H29ClF2N4O5S/c1-43-26-11-7-21(8-12-26)19-38(20-22-9-13-27(44-2)14-10-22)45(41,42)29-17-25(15-24-18-36-39(31(24)29)32(34)35)37-30(40)16-23-5-3-4-6-28(23)33/h3-15,17-18,32H,16,19-20H2,1-2H3,(H,37,40). The molecule has 4 aromatic carbocycles. The third-order valence-electron chi connectivity index (χ3n) is 7.09. The van der Waals surface area contributed by atoms with Crippen LogP contribution in [-0.4, -0.2) is 42.6 Å². The van der Waals surface area contributed by atoms with E-state index < -0.39 is 27.4 Å². The third kappa shape index (κ3) is 7.25. The Morgan fingerprint density at radius 2 is 1.51 bits per heavy atom. The molecule has 0 unspecified atom stereocenters. The second-order valence-corrected chi connectivity index (χ2v) is 12.4. The van der Waals surface area contributed by atoms with Crippen LogP contribution < -0.4 is 14.8 Å². The Morgan fingerprint density at radius 1 is 0.933 bits per heavy atom. The maximum absolute atomic E-state index is 14.5. The summed E-state index contributed by atoms with van der Waals surface area (Å²) in [7, 11) is -1.46. The Kier molecular flexibility index (Phi) is 9.66. The number of ether oxygens (including phenoxy) is 2. The quantitative estimate of drug-likeness (QED) is 0.161. The number of nitrogens with one attached hydrogen (secondary N) is 1. The van der Waals surface area contributed by atoms with Crippen LogP contribution in [0.4, 0.5) is 14.5 Å². The number of benzene rings is 4. The van der Waals surface area contributed by atoms with Gasteiger partial charge in [0.15, 0.2) is 0 Å². The number of carbonyl (C=O) groups is 1. The highest BCUT2D eigenvalue weighted by atomic mass is 35.5. The fraction of sp³-hybridized carbons (Fsp3) is 0.188. The van der Waals surface area contributed by atoms with Crippen molar-refractivity contribution in [2.24, 2.45) is 0 Å². The van der Waals surface area contributed by atoms with E-state index in [9.17, 15) is 22.0 Å². The first kappa shape index (κ1) is 31.9. The van der Waals surface area contributed by atoms with E-state index in [1.54, 1.807) is 72.8 Å². The Bertz CT molecular complexity index is 1870. The van der Waals surface area contributed by atoms with Crippen molar-refractivity contribution in [2.75, 3.05) is 19.5 Å². The van der Waals surface area contributed by atoms with Gasteiger partial charge < -0.3 is 14.8 Å². The first-order valence-electron chi connectivity index (χ1n) is 13.7. The van der Waals surface area contributed by atoms with Crippen LogP contribution in [0.15, 0.2) is 96.0 Å². The lowest BCUT2D eigenvalue weighted by atomic mass is 10.1. The number of fused-ring (bicyclic) bond motifs is 1. The van der Waals surface area contributed by atoms with Gasteiger partial charge in [-0.15, -0.1) is 0 Å². The molecular formula is C32H29ClF2N4O5S. The van der Waals surface area contributed by atoms with Crippen molar-refractivity contribution in [3.63, 3.8) is 0 Å². The van der Waals surface area contributed by atoms with Gasteiger partial charge in [-0.05, 0) is 59.2 Å². The van der Waals surface area contributed by atoms with Gasteiger partial charge in [-0.25, -0.2) is 13.1 Å². The monoisotopic (exact) mass is 654 g/mol. The number of rotatable bonds is 12. The van der Waals surface area contributed by atoms with E-state index in [-0.39, 0.29) is 36.1 Å². The minimum Gasteiger partial charge on any atom is -0.497 e. The molecular weight excluding hydrogens is 626 g/mol. The first-order valence-corrected chi connectivity index (χ1v) is 15.5. The number of aromatic nitrogens is 2. The van der Waals surface area contributed by atoms with Gasteiger partial charge in [-0.3, -0.25) is 4.79 Å². The van der Waals surface area contributed by atoms with Crippen LogP contribution in [0, 0.1) is 0 Å². The summed E-state index contributed by atoms with van der Waals surface area (Å²) in [4.78, 5) is 12.5. The van der Waals surface area contributed by atoms with E-state index in [1.807, 2.05) is 0 Å². The zero-order valence-corrected chi connectivity index (χ0v) is 25.9. The van der Waals surface area contributed by atoms with Gasteiger partial charge in [0.1, 0.15) is 16.4 Å². The molecule has 234 valence electrons. The number of anilines is 1. The minimum absolute atomic E-state index is 0.0862. The lowest BCUT2D eigenvalue weighted by Crippen LogP contribution is -2.31. The van der Waals surface area contributed by atoms with E-state index >= 15 is 0 Å². The van der Waals surface area contributed by atoms with E-state index in [4.69, 9.17) is 21.1 Å². The molecule has 0 spiro atoms. The number of methoxy groups -OCH3 is 2. The molecule has 5 aromatic rings. The maximum Gasteiger partial charge on any atom is 0.333 e. The van der Waals surface area contributed by atoms with Gasteiger partial charge in [0.2, 0.25) is 15.9 Å². The molecule has 45 heavy (non-hydrogen) atoms. The highest BCUT2D eigenvalue weighted by molar-refractivity contribution is 7.89. The zero-order valence-electron chi connectivity index (χ0n) is 24.3. The maximum atomic E-state index is 14.5. The van der Waals surface area contributed by atoms with Gasteiger partial charge >= 0.3 is 6.55 Å². The lowest BCUT2D eigenvalue weighted by Gasteiger charge is -2.24. The molecule has 1 N–H and O–H groups in total. The Hall–Kier alpha value is -4.52. The predicted molar refractivity (Wildman–Crippen MR) is 167 cm³/mol. The van der Waals surface area contributed by atoms with Crippen molar-refractivity contribution in [3.8, 4) is 11.5 Å². The van der Waals surface area contributed by atoms with Crippen LogP contribution in [0.5, 0.6) is 11.5 Å². The van der Waals surface area contributed by atoms with Crippen LogP contribution in [0.2, 0.25) is 5.02 Å². The molecule has 13 heteroatoms. The zero-order chi connectivity index (χ0) is 32.1. The summed E-state index contributed by atoms with van der Waals surface area (Å²) in [5, 5.41) is 6.96. The van der Waals surface area contributed by atoms with Gasteiger partial charge in [0, 0.05) is 29.2 Å². The van der Waals surface area contributed by atoms with E-state index in [0.717, 1.165) is 6.20 Å². The summed E-state index contributed by atoms with van der Waals surface area (Å²) in [5.74, 6) is 0.706.